The zero-order valence-corrected chi connectivity index (χ0v) is 10.7. The molecule has 4 nitrogen and oxygen atoms in total. The summed E-state index contributed by atoms with van der Waals surface area (Å²) in [4.78, 5) is 11.6. The highest BCUT2D eigenvalue weighted by Gasteiger charge is 2.08. The number of benzene rings is 1. The number of anilines is 2. The fraction of sp³-hybridized carbons (Fsp3) is 0.462. The van der Waals surface area contributed by atoms with Crippen LogP contribution in [-0.4, -0.2) is 12.1 Å². The molecule has 0 heterocycles. The van der Waals surface area contributed by atoms with Gasteiger partial charge in [-0.1, -0.05) is 13.8 Å². The first-order chi connectivity index (χ1) is 7.97. The van der Waals surface area contributed by atoms with Crippen LogP contribution in [0.25, 0.3) is 0 Å². The van der Waals surface area contributed by atoms with E-state index < -0.39 is 0 Å². The van der Waals surface area contributed by atoms with Crippen LogP contribution in [0.1, 0.15) is 27.2 Å². The van der Waals surface area contributed by atoms with Crippen LogP contribution in [-0.2, 0) is 0 Å². The third-order valence-corrected chi connectivity index (χ3v) is 2.37. The van der Waals surface area contributed by atoms with Crippen LogP contribution < -0.4 is 16.4 Å². The predicted molar refractivity (Wildman–Crippen MR) is 71.9 cm³/mol. The maximum absolute atomic E-state index is 11.6. The van der Waals surface area contributed by atoms with Crippen LogP contribution >= 0.6 is 0 Å². The summed E-state index contributed by atoms with van der Waals surface area (Å²) in [6.07, 6.45) is 0.967. The first-order valence-corrected chi connectivity index (χ1v) is 5.90. The highest BCUT2D eigenvalue weighted by Crippen LogP contribution is 2.10. The number of carbonyl (C=O) groups excluding carboxylic acids is 1. The zero-order chi connectivity index (χ0) is 12.8. The summed E-state index contributed by atoms with van der Waals surface area (Å²) < 4.78 is 0. The third kappa shape index (κ3) is 5.24. The van der Waals surface area contributed by atoms with E-state index in [-0.39, 0.29) is 12.1 Å². The Morgan fingerprint density at radius 2 is 1.82 bits per heavy atom. The first kappa shape index (κ1) is 13.4. The quantitative estimate of drug-likeness (QED) is 0.702. The highest BCUT2D eigenvalue weighted by atomic mass is 16.2. The average molecular weight is 235 g/mol. The van der Waals surface area contributed by atoms with Crippen LogP contribution in [0.15, 0.2) is 24.3 Å². The van der Waals surface area contributed by atoms with Crippen LogP contribution in [0.2, 0.25) is 0 Å². The molecule has 0 saturated heterocycles. The Morgan fingerprint density at radius 1 is 1.24 bits per heavy atom. The van der Waals surface area contributed by atoms with Gasteiger partial charge in [0.1, 0.15) is 0 Å². The molecular formula is C13H21N3O. The summed E-state index contributed by atoms with van der Waals surface area (Å²) in [7, 11) is 0. The summed E-state index contributed by atoms with van der Waals surface area (Å²) >= 11 is 0. The van der Waals surface area contributed by atoms with Gasteiger partial charge in [-0.15, -0.1) is 0 Å². The minimum absolute atomic E-state index is 0.170. The van der Waals surface area contributed by atoms with Crippen molar-refractivity contribution in [3.8, 4) is 0 Å². The van der Waals surface area contributed by atoms with Gasteiger partial charge in [-0.05, 0) is 43.5 Å². The molecule has 17 heavy (non-hydrogen) atoms. The Kier molecular flexibility index (Phi) is 4.82. The number of nitrogens with one attached hydrogen (secondary N) is 2. The molecule has 94 valence electrons. The van der Waals surface area contributed by atoms with Gasteiger partial charge < -0.3 is 16.4 Å². The molecule has 1 unspecified atom stereocenters. The number of nitrogen functional groups attached to an aromatic ring is 1. The molecule has 0 fully saturated rings. The van der Waals surface area contributed by atoms with E-state index in [9.17, 15) is 4.79 Å². The van der Waals surface area contributed by atoms with Crippen molar-refractivity contribution in [1.82, 2.24) is 5.32 Å². The average Bonchev–Trinajstić information content (AvgIpc) is 2.19. The van der Waals surface area contributed by atoms with Crippen molar-refractivity contribution >= 4 is 17.4 Å². The molecule has 0 spiro atoms. The first-order valence-electron chi connectivity index (χ1n) is 5.90. The Hall–Kier alpha value is -1.71. The molecule has 4 heteroatoms. The van der Waals surface area contributed by atoms with E-state index >= 15 is 0 Å². The number of amides is 2. The smallest absolute Gasteiger partial charge is 0.319 e. The van der Waals surface area contributed by atoms with E-state index in [1.54, 1.807) is 24.3 Å². The molecule has 0 radical (unpaired) electrons. The van der Waals surface area contributed by atoms with Gasteiger partial charge in [-0.3, -0.25) is 0 Å². The van der Waals surface area contributed by atoms with E-state index in [1.165, 1.54) is 0 Å². The number of rotatable bonds is 4. The number of carbonyl (C=O) groups is 1. The second-order valence-corrected chi connectivity index (χ2v) is 4.75. The Labute approximate surface area is 103 Å². The lowest BCUT2D eigenvalue weighted by molar-refractivity contribution is 0.247. The van der Waals surface area contributed by atoms with Crippen molar-refractivity contribution in [3.05, 3.63) is 24.3 Å². The molecule has 1 rings (SSSR count). The number of hydrogen-bond donors (Lipinski definition) is 3. The molecule has 1 aromatic rings. The second kappa shape index (κ2) is 6.13. The van der Waals surface area contributed by atoms with Crippen LogP contribution in [0.5, 0.6) is 0 Å². The highest BCUT2D eigenvalue weighted by molar-refractivity contribution is 5.89. The molecule has 1 aromatic carbocycles. The molecular weight excluding hydrogens is 214 g/mol. The van der Waals surface area contributed by atoms with Crippen molar-refractivity contribution in [2.45, 2.75) is 33.2 Å². The number of nitrogens with two attached hydrogens (primary N) is 1. The molecule has 2 amide bonds. The third-order valence-electron chi connectivity index (χ3n) is 2.37. The molecule has 0 aliphatic carbocycles. The summed E-state index contributed by atoms with van der Waals surface area (Å²) in [5.74, 6) is 0.571. The summed E-state index contributed by atoms with van der Waals surface area (Å²) in [6.45, 7) is 6.27. The molecule has 0 saturated carbocycles. The lowest BCUT2D eigenvalue weighted by Crippen LogP contribution is -2.36. The maximum Gasteiger partial charge on any atom is 0.319 e. The van der Waals surface area contributed by atoms with Crippen molar-refractivity contribution < 1.29 is 4.79 Å². The van der Waals surface area contributed by atoms with Crippen molar-refractivity contribution in [2.75, 3.05) is 11.1 Å². The molecule has 0 bridgehead atoms. The fourth-order valence-electron chi connectivity index (χ4n) is 1.72. The van der Waals surface area contributed by atoms with Crippen molar-refractivity contribution in [2.24, 2.45) is 5.92 Å². The monoisotopic (exact) mass is 235 g/mol. The van der Waals surface area contributed by atoms with Gasteiger partial charge in [0.25, 0.3) is 0 Å². The van der Waals surface area contributed by atoms with E-state index in [0.717, 1.165) is 12.1 Å². The lowest BCUT2D eigenvalue weighted by Gasteiger charge is -2.16. The summed E-state index contributed by atoms with van der Waals surface area (Å²) in [6, 6.07) is 7.07. The number of hydrogen-bond acceptors (Lipinski definition) is 2. The minimum atomic E-state index is -0.178. The van der Waals surface area contributed by atoms with Gasteiger partial charge in [-0.25, -0.2) is 4.79 Å². The molecule has 0 aromatic heterocycles. The number of urea groups is 1. The molecule has 0 aliphatic rings. The minimum Gasteiger partial charge on any atom is -0.399 e. The van der Waals surface area contributed by atoms with E-state index in [4.69, 9.17) is 5.73 Å². The maximum atomic E-state index is 11.6. The molecule has 0 aliphatic heterocycles. The van der Waals surface area contributed by atoms with E-state index in [0.29, 0.717) is 11.6 Å². The lowest BCUT2D eigenvalue weighted by atomic mass is 10.1. The zero-order valence-electron chi connectivity index (χ0n) is 10.7. The molecule has 4 N–H and O–H groups in total. The van der Waals surface area contributed by atoms with Gasteiger partial charge >= 0.3 is 6.03 Å². The van der Waals surface area contributed by atoms with Crippen LogP contribution in [0.3, 0.4) is 0 Å². The van der Waals surface area contributed by atoms with Crippen LogP contribution in [0, 0.1) is 5.92 Å². The summed E-state index contributed by atoms with van der Waals surface area (Å²) in [5, 5.41) is 5.66. The topological polar surface area (TPSA) is 67.2 Å². The van der Waals surface area contributed by atoms with Crippen LogP contribution in [0.4, 0.5) is 16.2 Å². The van der Waals surface area contributed by atoms with E-state index in [1.807, 2.05) is 6.92 Å². The van der Waals surface area contributed by atoms with Crippen molar-refractivity contribution in [3.63, 3.8) is 0 Å². The predicted octanol–water partition coefficient (Wildman–Crippen LogP) is 2.82. The SMILES string of the molecule is CC(C)CC(C)NC(=O)Nc1ccc(N)cc1. The van der Waals surface area contributed by atoms with Gasteiger partial charge in [0.05, 0.1) is 0 Å². The second-order valence-electron chi connectivity index (χ2n) is 4.75. The normalized spacial score (nSPS) is 12.2. The van der Waals surface area contributed by atoms with Gasteiger partial charge in [0.2, 0.25) is 0 Å². The molecule has 1 atom stereocenters. The Bertz CT molecular complexity index is 359. The van der Waals surface area contributed by atoms with Crippen molar-refractivity contribution in [1.29, 1.82) is 0 Å². The van der Waals surface area contributed by atoms with Gasteiger partial charge in [-0.2, -0.15) is 0 Å². The largest absolute Gasteiger partial charge is 0.399 e. The Morgan fingerprint density at radius 3 is 2.35 bits per heavy atom. The fourth-order valence-corrected chi connectivity index (χ4v) is 1.72. The van der Waals surface area contributed by atoms with Gasteiger partial charge in [0, 0.05) is 17.4 Å². The Balaban J connectivity index is 2.41. The van der Waals surface area contributed by atoms with Gasteiger partial charge in [0.15, 0.2) is 0 Å². The standard InChI is InChI=1S/C13H21N3O/c1-9(2)8-10(3)15-13(17)16-12-6-4-11(14)5-7-12/h4-7,9-10H,8,14H2,1-3H3,(H2,15,16,17). The summed E-state index contributed by atoms with van der Waals surface area (Å²) in [5.41, 5.74) is 6.99. The van der Waals surface area contributed by atoms with E-state index in [2.05, 4.69) is 24.5 Å².